The van der Waals surface area contributed by atoms with Gasteiger partial charge in [-0.25, -0.2) is 9.97 Å². The largest absolute Gasteiger partial charge is 0.484 e. The van der Waals surface area contributed by atoms with Crippen LogP contribution in [0.5, 0.6) is 5.75 Å². The topological polar surface area (TPSA) is 63.5 Å². The number of rotatable bonds is 6. The van der Waals surface area contributed by atoms with Crippen molar-refractivity contribution in [2.75, 3.05) is 37.7 Å². The number of nitrogens with zero attached hydrogens (tertiary/aromatic N) is 5. The van der Waals surface area contributed by atoms with Crippen molar-refractivity contribution in [3.63, 3.8) is 0 Å². The van der Waals surface area contributed by atoms with Gasteiger partial charge in [-0.2, -0.15) is 0 Å². The van der Waals surface area contributed by atoms with Gasteiger partial charge in [0.2, 0.25) is 0 Å². The number of fused-ring (bicyclic) bond motifs is 1. The number of carbonyl (C=O) groups is 1. The SMILES string of the molecule is Cc1ccc(OCC(=O)N2CCN(c3ncnc4c3c(-c3ccccc3)cn4-c3cccc(Cl)c3)CC2)cc1. The van der Waals surface area contributed by atoms with Crippen molar-refractivity contribution < 1.29 is 9.53 Å². The van der Waals surface area contributed by atoms with E-state index in [2.05, 4.69) is 27.8 Å². The molecule has 1 aliphatic heterocycles. The highest BCUT2D eigenvalue weighted by molar-refractivity contribution is 6.30. The molecule has 0 unspecified atom stereocenters. The molecule has 0 saturated carbocycles. The first-order valence-electron chi connectivity index (χ1n) is 13.0. The van der Waals surface area contributed by atoms with E-state index in [-0.39, 0.29) is 12.5 Å². The molecule has 1 amide bonds. The van der Waals surface area contributed by atoms with E-state index in [0.29, 0.717) is 37.0 Å². The highest BCUT2D eigenvalue weighted by atomic mass is 35.5. The molecular formula is C31H28ClN5O2. The predicted octanol–water partition coefficient (Wildman–Crippen LogP) is 5.78. The number of benzene rings is 3. The van der Waals surface area contributed by atoms with Crippen molar-refractivity contribution >= 4 is 34.4 Å². The van der Waals surface area contributed by atoms with Crippen molar-refractivity contribution in [3.8, 4) is 22.6 Å². The van der Waals surface area contributed by atoms with E-state index in [1.165, 1.54) is 0 Å². The van der Waals surface area contributed by atoms with Gasteiger partial charge in [0.1, 0.15) is 17.9 Å². The van der Waals surface area contributed by atoms with Crippen LogP contribution < -0.4 is 9.64 Å². The van der Waals surface area contributed by atoms with Crippen LogP contribution in [0.4, 0.5) is 5.82 Å². The summed E-state index contributed by atoms with van der Waals surface area (Å²) >= 11 is 6.33. The maximum atomic E-state index is 12.9. The third-order valence-corrected chi connectivity index (χ3v) is 7.28. The summed E-state index contributed by atoms with van der Waals surface area (Å²) in [4.78, 5) is 26.4. The van der Waals surface area contributed by atoms with Gasteiger partial charge in [-0.15, -0.1) is 0 Å². The maximum absolute atomic E-state index is 12.9. The van der Waals surface area contributed by atoms with Crippen molar-refractivity contribution in [2.24, 2.45) is 0 Å². The van der Waals surface area contributed by atoms with Crippen LogP contribution in [0.3, 0.4) is 0 Å². The molecule has 1 saturated heterocycles. The Morgan fingerprint density at radius 2 is 1.69 bits per heavy atom. The van der Waals surface area contributed by atoms with E-state index in [4.69, 9.17) is 26.3 Å². The van der Waals surface area contributed by atoms with Gasteiger partial charge < -0.3 is 19.1 Å². The van der Waals surface area contributed by atoms with Crippen LogP contribution in [0, 0.1) is 6.92 Å². The summed E-state index contributed by atoms with van der Waals surface area (Å²) in [6.07, 6.45) is 3.71. The third kappa shape index (κ3) is 5.18. The van der Waals surface area contributed by atoms with E-state index in [9.17, 15) is 4.79 Å². The summed E-state index contributed by atoms with van der Waals surface area (Å²) < 4.78 is 7.79. The third-order valence-electron chi connectivity index (χ3n) is 7.05. The van der Waals surface area contributed by atoms with Crippen LogP contribution in [-0.4, -0.2) is 58.1 Å². The van der Waals surface area contributed by atoms with Gasteiger partial charge in [0.25, 0.3) is 5.91 Å². The monoisotopic (exact) mass is 537 g/mol. The first kappa shape index (κ1) is 24.9. The first-order chi connectivity index (χ1) is 19.1. The molecule has 0 bridgehead atoms. The minimum Gasteiger partial charge on any atom is -0.484 e. The Labute approximate surface area is 232 Å². The number of amides is 1. The number of halogens is 1. The van der Waals surface area contributed by atoms with Gasteiger partial charge in [0.15, 0.2) is 12.3 Å². The molecule has 0 radical (unpaired) electrons. The standard InChI is InChI=1S/C31H28ClN5O2/c1-22-10-12-26(13-11-22)39-20-28(38)35-14-16-36(17-15-35)30-29-27(23-6-3-2-4-7-23)19-37(31(29)34-21-33-30)25-9-5-8-24(32)18-25/h2-13,18-19,21H,14-17,20H2,1H3. The Morgan fingerprint density at radius 1 is 0.923 bits per heavy atom. The Morgan fingerprint density at radius 3 is 2.44 bits per heavy atom. The number of aryl methyl sites for hydroxylation is 1. The highest BCUT2D eigenvalue weighted by Gasteiger charge is 2.26. The van der Waals surface area contributed by atoms with Gasteiger partial charge in [-0.05, 0) is 42.8 Å². The minimum absolute atomic E-state index is 0.0138. The van der Waals surface area contributed by atoms with Crippen LogP contribution >= 0.6 is 11.6 Å². The summed E-state index contributed by atoms with van der Waals surface area (Å²) in [5.74, 6) is 1.55. The van der Waals surface area contributed by atoms with Gasteiger partial charge in [0, 0.05) is 48.6 Å². The number of ether oxygens (including phenoxy) is 1. The molecule has 0 N–H and O–H groups in total. The Bertz CT molecular complexity index is 1610. The van der Waals surface area contributed by atoms with E-state index >= 15 is 0 Å². The van der Waals surface area contributed by atoms with Gasteiger partial charge in [-0.3, -0.25) is 4.79 Å². The zero-order valence-corrected chi connectivity index (χ0v) is 22.4. The summed E-state index contributed by atoms with van der Waals surface area (Å²) in [7, 11) is 0. The zero-order valence-electron chi connectivity index (χ0n) is 21.6. The fourth-order valence-electron chi connectivity index (χ4n) is 4.98. The fourth-order valence-corrected chi connectivity index (χ4v) is 5.17. The molecule has 6 rings (SSSR count). The molecule has 0 aliphatic carbocycles. The van der Waals surface area contributed by atoms with Crippen LogP contribution in [0.25, 0.3) is 27.8 Å². The smallest absolute Gasteiger partial charge is 0.260 e. The summed E-state index contributed by atoms with van der Waals surface area (Å²) in [5, 5.41) is 1.64. The molecule has 7 nitrogen and oxygen atoms in total. The Hall–Kier alpha value is -4.36. The number of aromatic nitrogens is 3. The van der Waals surface area contributed by atoms with Gasteiger partial charge in [0.05, 0.1) is 5.39 Å². The lowest BCUT2D eigenvalue weighted by molar-refractivity contribution is -0.133. The average Bonchev–Trinajstić information content (AvgIpc) is 3.37. The van der Waals surface area contributed by atoms with E-state index in [1.54, 1.807) is 6.33 Å². The Balaban J connectivity index is 1.27. The molecule has 8 heteroatoms. The lowest BCUT2D eigenvalue weighted by atomic mass is 10.1. The molecular weight excluding hydrogens is 510 g/mol. The number of anilines is 1. The number of carbonyl (C=O) groups excluding carboxylic acids is 1. The molecule has 0 atom stereocenters. The molecule has 1 fully saturated rings. The van der Waals surface area contributed by atoms with E-state index in [1.807, 2.05) is 78.6 Å². The van der Waals surface area contributed by atoms with Gasteiger partial charge in [-0.1, -0.05) is 65.7 Å². The van der Waals surface area contributed by atoms with Crippen molar-refractivity contribution in [3.05, 3.63) is 102 Å². The van der Waals surface area contributed by atoms with E-state index in [0.717, 1.165) is 39.2 Å². The second-order valence-electron chi connectivity index (χ2n) is 9.62. The second kappa shape index (κ2) is 10.8. The average molecular weight is 538 g/mol. The van der Waals surface area contributed by atoms with Crippen molar-refractivity contribution in [2.45, 2.75) is 6.92 Å². The summed E-state index contributed by atoms with van der Waals surface area (Å²) in [6.45, 7) is 4.57. The highest BCUT2D eigenvalue weighted by Crippen LogP contribution is 2.37. The number of piperazine rings is 1. The quantitative estimate of drug-likeness (QED) is 0.275. The summed E-state index contributed by atoms with van der Waals surface area (Å²) in [5.41, 5.74) is 5.03. The van der Waals surface area contributed by atoms with Crippen LogP contribution in [0.2, 0.25) is 5.02 Å². The number of hydrogen-bond acceptors (Lipinski definition) is 5. The van der Waals surface area contributed by atoms with Gasteiger partial charge >= 0.3 is 0 Å². The lowest BCUT2D eigenvalue weighted by Crippen LogP contribution is -2.50. The van der Waals surface area contributed by atoms with Crippen LogP contribution in [-0.2, 0) is 4.79 Å². The van der Waals surface area contributed by atoms with Crippen LogP contribution in [0.15, 0.2) is 91.4 Å². The molecule has 196 valence electrons. The normalized spacial score (nSPS) is 13.6. The summed E-state index contributed by atoms with van der Waals surface area (Å²) in [6, 6.07) is 25.7. The van der Waals surface area contributed by atoms with Crippen molar-refractivity contribution in [1.29, 1.82) is 0 Å². The van der Waals surface area contributed by atoms with Crippen LogP contribution in [0.1, 0.15) is 5.56 Å². The van der Waals surface area contributed by atoms with E-state index < -0.39 is 0 Å². The first-order valence-corrected chi connectivity index (χ1v) is 13.3. The Kier molecular flexibility index (Phi) is 6.90. The zero-order chi connectivity index (χ0) is 26.8. The molecule has 0 spiro atoms. The lowest BCUT2D eigenvalue weighted by Gasteiger charge is -2.35. The minimum atomic E-state index is -0.0138. The van der Waals surface area contributed by atoms with Crippen molar-refractivity contribution in [1.82, 2.24) is 19.4 Å². The fraction of sp³-hybridized carbons (Fsp3) is 0.194. The predicted molar refractivity (Wildman–Crippen MR) is 155 cm³/mol. The molecule has 3 aromatic carbocycles. The molecule has 3 heterocycles. The molecule has 2 aromatic heterocycles. The number of hydrogen-bond donors (Lipinski definition) is 0. The maximum Gasteiger partial charge on any atom is 0.260 e. The molecule has 5 aromatic rings. The molecule has 1 aliphatic rings. The second-order valence-corrected chi connectivity index (χ2v) is 10.1. The molecule has 39 heavy (non-hydrogen) atoms.